The molecule has 1 aliphatic heterocycles. The zero-order valence-corrected chi connectivity index (χ0v) is 12.0. The highest BCUT2D eigenvalue weighted by molar-refractivity contribution is 5.95. The second kappa shape index (κ2) is 6.21. The van der Waals surface area contributed by atoms with E-state index < -0.39 is 31.2 Å². The molecule has 0 spiro atoms. The number of hydrogen-bond donors (Lipinski definition) is 1. The average Bonchev–Trinajstić information content (AvgIpc) is 2.43. The number of piperidine rings is 1. The van der Waals surface area contributed by atoms with E-state index in [4.69, 9.17) is 5.73 Å². The molecular weight excluding hydrogens is 323 g/mol. The van der Waals surface area contributed by atoms with Gasteiger partial charge in [0.15, 0.2) is 6.61 Å². The Morgan fingerprint density at radius 1 is 1.35 bits per heavy atom. The zero-order chi connectivity index (χ0) is 17.3. The van der Waals surface area contributed by atoms with Gasteiger partial charge in [-0.25, -0.2) is 8.78 Å². The summed E-state index contributed by atoms with van der Waals surface area (Å²) < 4.78 is 67.5. The summed E-state index contributed by atoms with van der Waals surface area (Å²) in [5, 5.41) is 0. The van der Waals surface area contributed by atoms with Crippen LogP contribution in [0, 0.1) is 0 Å². The summed E-state index contributed by atoms with van der Waals surface area (Å²) in [4.78, 5) is 13.2. The number of alkyl halides is 5. The third-order valence-corrected chi connectivity index (χ3v) is 3.33. The van der Waals surface area contributed by atoms with Gasteiger partial charge in [0.1, 0.15) is 5.75 Å². The molecule has 1 saturated heterocycles. The summed E-state index contributed by atoms with van der Waals surface area (Å²) in [7, 11) is 0. The first-order chi connectivity index (χ1) is 10.6. The van der Waals surface area contributed by atoms with Crippen molar-refractivity contribution in [2.75, 3.05) is 25.4 Å². The Labute approximate surface area is 129 Å². The Morgan fingerprint density at radius 3 is 2.61 bits per heavy atom. The van der Waals surface area contributed by atoms with Gasteiger partial charge in [-0.1, -0.05) is 0 Å². The molecule has 1 aliphatic rings. The molecule has 128 valence electrons. The van der Waals surface area contributed by atoms with Gasteiger partial charge in [-0.15, -0.1) is 0 Å². The van der Waals surface area contributed by atoms with E-state index in [1.165, 1.54) is 6.07 Å². The third kappa shape index (κ3) is 4.70. The normalized spacial score (nSPS) is 17.9. The number of amides is 1. The van der Waals surface area contributed by atoms with E-state index >= 15 is 0 Å². The Hall–Kier alpha value is -2.06. The lowest BCUT2D eigenvalue weighted by molar-refractivity contribution is -0.153. The third-order valence-electron chi connectivity index (χ3n) is 3.33. The summed E-state index contributed by atoms with van der Waals surface area (Å²) >= 11 is 0. The van der Waals surface area contributed by atoms with Crippen LogP contribution in [0.1, 0.15) is 23.2 Å². The number of nitrogens with two attached hydrogens (primary N) is 1. The fraction of sp³-hybridized carbons (Fsp3) is 0.500. The van der Waals surface area contributed by atoms with Gasteiger partial charge >= 0.3 is 6.18 Å². The Balaban J connectivity index is 2.09. The minimum atomic E-state index is -4.51. The van der Waals surface area contributed by atoms with Crippen LogP contribution in [0.25, 0.3) is 0 Å². The predicted molar refractivity (Wildman–Crippen MR) is 72.5 cm³/mol. The zero-order valence-electron chi connectivity index (χ0n) is 12.0. The lowest BCUT2D eigenvalue weighted by atomic mass is 10.1. The van der Waals surface area contributed by atoms with E-state index in [1.807, 2.05) is 0 Å². The molecule has 0 unspecified atom stereocenters. The molecule has 2 rings (SSSR count). The quantitative estimate of drug-likeness (QED) is 0.681. The number of nitrogens with zero attached hydrogens (tertiary/aromatic N) is 1. The van der Waals surface area contributed by atoms with Crippen molar-refractivity contribution in [3.05, 3.63) is 23.8 Å². The average molecular weight is 338 g/mol. The molecule has 9 heteroatoms. The van der Waals surface area contributed by atoms with Crippen molar-refractivity contribution < 1.29 is 31.5 Å². The number of nitrogen functional groups attached to an aromatic ring is 1. The van der Waals surface area contributed by atoms with E-state index in [9.17, 15) is 26.7 Å². The van der Waals surface area contributed by atoms with Gasteiger partial charge in [0.25, 0.3) is 11.8 Å². The lowest BCUT2D eigenvalue weighted by Crippen LogP contribution is -2.45. The molecule has 1 fully saturated rings. The first-order valence-corrected chi connectivity index (χ1v) is 6.84. The van der Waals surface area contributed by atoms with Crippen LogP contribution in [-0.2, 0) is 0 Å². The van der Waals surface area contributed by atoms with E-state index in [1.54, 1.807) is 0 Å². The fourth-order valence-corrected chi connectivity index (χ4v) is 2.29. The van der Waals surface area contributed by atoms with Crippen LogP contribution in [0.5, 0.6) is 5.75 Å². The Bertz CT molecular complexity index is 589. The van der Waals surface area contributed by atoms with Gasteiger partial charge in [0.2, 0.25) is 0 Å². The molecule has 0 aliphatic carbocycles. The van der Waals surface area contributed by atoms with Crippen molar-refractivity contribution in [3.8, 4) is 5.75 Å². The Morgan fingerprint density at radius 2 is 2.04 bits per heavy atom. The summed E-state index contributed by atoms with van der Waals surface area (Å²) in [6.07, 6.45) is -4.61. The lowest BCUT2D eigenvalue weighted by Gasteiger charge is -2.32. The highest BCUT2D eigenvalue weighted by atomic mass is 19.4. The molecule has 0 aromatic heterocycles. The molecule has 2 N–H and O–H groups in total. The number of rotatable bonds is 3. The number of benzene rings is 1. The van der Waals surface area contributed by atoms with Crippen LogP contribution in [0.2, 0.25) is 0 Å². The van der Waals surface area contributed by atoms with Gasteiger partial charge in [-0.05, 0) is 24.6 Å². The standard InChI is InChI=1S/C14H15F5N2O2/c15-13(16)4-1-5-21(7-13)12(22)9-2-3-11(10(20)6-9)23-8-14(17,18)19/h2-3,6H,1,4-5,7-8,20H2. The second-order valence-corrected chi connectivity index (χ2v) is 5.34. The van der Waals surface area contributed by atoms with Crippen LogP contribution in [0.3, 0.4) is 0 Å². The molecule has 0 radical (unpaired) electrons. The maximum absolute atomic E-state index is 13.3. The minimum absolute atomic E-state index is 0.0274. The molecule has 1 heterocycles. The highest BCUT2D eigenvalue weighted by Gasteiger charge is 2.37. The van der Waals surface area contributed by atoms with Crippen molar-refractivity contribution >= 4 is 11.6 Å². The largest absolute Gasteiger partial charge is 0.482 e. The summed E-state index contributed by atoms with van der Waals surface area (Å²) in [5.74, 6) is -3.80. The molecule has 0 bridgehead atoms. The number of anilines is 1. The molecule has 1 aromatic rings. The SMILES string of the molecule is Nc1cc(C(=O)N2CCCC(F)(F)C2)ccc1OCC(F)(F)F. The van der Waals surface area contributed by atoms with E-state index in [0.717, 1.165) is 17.0 Å². The van der Waals surface area contributed by atoms with Crippen molar-refractivity contribution in [1.82, 2.24) is 4.90 Å². The number of ether oxygens (including phenoxy) is 1. The van der Waals surface area contributed by atoms with Crippen LogP contribution < -0.4 is 10.5 Å². The van der Waals surface area contributed by atoms with Crippen molar-refractivity contribution in [1.29, 1.82) is 0 Å². The van der Waals surface area contributed by atoms with Crippen molar-refractivity contribution in [3.63, 3.8) is 0 Å². The van der Waals surface area contributed by atoms with Crippen LogP contribution >= 0.6 is 0 Å². The second-order valence-electron chi connectivity index (χ2n) is 5.34. The number of halogens is 5. The van der Waals surface area contributed by atoms with Gasteiger partial charge < -0.3 is 15.4 Å². The topological polar surface area (TPSA) is 55.6 Å². The minimum Gasteiger partial charge on any atom is -0.482 e. The molecular formula is C14H15F5N2O2. The summed E-state index contributed by atoms with van der Waals surface area (Å²) in [6.45, 7) is -2.00. The van der Waals surface area contributed by atoms with Crippen molar-refractivity contribution in [2.45, 2.75) is 24.9 Å². The Kier molecular flexibility index (Phi) is 4.67. The highest BCUT2D eigenvalue weighted by Crippen LogP contribution is 2.29. The van der Waals surface area contributed by atoms with Gasteiger partial charge in [-0.2, -0.15) is 13.2 Å². The van der Waals surface area contributed by atoms with Gasteiger partial charge in [0.05, 0.1) is 12.2 Å². The molecule has 1 amide bonds. The van der Waals surface area contributed by atoms with Gasteiger partial charge in [-0.3, -0.25) is 4.79 Å². The molecule has 4 nitrogen and oxygen atoms in total. The molecule has 1 aromatic carbocycles. The number of carbonyl (C=O) groups is 1. The number of likely N-dealkylation sites (tertiary alicyclic amines) is 1. The molecule has 23 heavy (non-hydrogen) atoms. The number of hydrogen-bond acceptors (Lipinski definition) is 3. The monoisotopic (exact) mass is 338 g/mol. The molecule has 0 atom stereocenters. The van der Waals surface area contributed by atoms with Crippen LogP contribution in [0.4, 0.5) is 27.6 Å². The summed E-state index contributed by atoms with van der Waals surface area (Å²) in [5.41, 5.74) is 5.42. The first-order valence-electron chi connectivity index (χ1n) is 6.84. The number of carbonyl (C=O) groups excluding carboxylic acids is 1. The first kappa shape index (κ1) is 17.3. The van der Waals surface area contributed by atoms with E-state index in [2.05, 4.69) is 4.74 Å². The maximum atomic E-state index is 13.3. The maximum Gasteiger partial charge on any atom is 0.422 e. The predicted octanol–water partition coefficient (Wildman–Crippen LogP) is 3.08. The fourth-order valence-electron chi connectivity index (χ4n) is 2.29. The van der Waals surface area contributed by atoms with E-state index in [-0.39, 0.29) is 36.4 Å². The smallest absolute Gasteiger partial charge is 0.422 e. The summed E-state index contributed by atoms with van der Waals surface area (Å²) in [6, 6.07) is 3.45. The van der Waals surface area contributed by atoms with Crippen LogP contribution in [0.15, 0.2) is 18.2 Å². The van der Waals surface area contributed by atoms with Crippen LogP contribution in [-0.4, -0.2) is 42.6 Å². The molecule has 0 saturated carbocycles. The van der Waals surface area contributed by atoms with Crippen molar-refractivity contribution in [2.24, 2.45) is 0 Å². The van der Waals surface area contributed by atoms with E-state index in [0.29, 0.717) is 0 Å². The van der Waals surface area contributed by atoms with Gasteiger partial charge in [0, 0.05) is 18.5 Å².